The van der Waals surface area contributed by atoms with E-state index in [0.717, 1.165) is 11.1 Å². The lowest BCUT2D eigenvalue weighted by Crippen LogP contribution is -2.14. The van der Waals surface area contributed by atoms with Crippen LogP contribution >= 0.6 is 11.6 Å². The van der Waals surface area contributed by atoms with Crippen LogP contribution in [0.5, 0.6) is 0 Å². The van der Waals surface area contributed by atoms with Crippen molar-refractivity contribution in [1.29, 1.82) is 0 Å². The number of alkyl halides is 1. The number of rotatable bonds is 9. The Balaban J connectivity index is 1.53. The minimum absolute atomic E-state index is 0.127. The van der Waals surface area contributed by atoms with Gasteiger partial charge in [-0.2, -0.15) is 5.10 Å². The van der Waals surface area contributed by atoms with Crippen LogP contribution in [0.15, 0.2) is 79.0 Å². The number of carbonyl (C=O) groups is 3. The Bertz CT molecular complexity index is 1390. The number of esters is 1. The summed E-state index contributed by atoms with van der Waals surface area (Å²) in [6.45, 7) is 2.29. The zero-order valence-electron chi connectivity index (χ0n) is 20.0. The quantitative estimate of drug-likeness (QED) is 0.248. The number of pyridine rings is 1. The number of nitrogens with zero attached hydrogens (tertiary/aromatic N) is 3. The predicted octanol–water partition coefficient (Wildman–Crippen LogP) is 4.60. The largest absolute Gasteiger partial charge is 0.461 e. The second-order valence-corrected chi connectivity index (χ2v) is 8.19. The van der Waals surface area contributed by atoms with Crippen molar-refractivity contribution in [3.63, 3.8) is 0 Å². The van der Waals surface area contributed by atoms with Gasteiger partial charge in [-0.25, -0.2) is 4.79 Å². The molecule has 2 amide bonds. The normalized spacial score (nSPS) is 10.5. The predicted molar refractivity (Wildman–Crippen MR) is 141 cm³/mol. The van der Waals surface area contributed by atoms with E-state index in [1.54, 1.807) is 66.3 Å². The van der Waals surface area contributed by atoms with Gasteiger partial charge < -0.3 is 15.4 Å². The van der Waals surface area contributed by atoms with Crippen molar-refractivity contribution in [3.05, 3.63) is 95.9 Å². The fourth-order valence-electron chi connectivity index (χ4n) is 3.53. The maximum Gasteiger partial charge on any atom is 0.356 e. The van der Waals surface area contributed by atoms with Gasteiger partial charge in [-0.05, 0) is 55.0 Å². The highest BCUT2D eigenvalue weighted by atomic mass is 35.5. The van der Waals surface area contributed by atoms with E-state index in [2.05, 4.69) is 20.7 Å². The highest BCUT2D eigenvalue weighted by molar-refractivity contribution is 6.29. The summed E-state index contributed by atoms with van der Waals surface area (Å²) in [6.07, 6.45) is 1.56. The number of hydrogen-bond acceptors (Lipinski definition) is 6. The maximum atomic E-state index is 12.6. The SMILES string of the molecule is CCOC(=O)c1cc(-c2ccc(NC(=O)c3ccccn3)cc2)nn1Cc1ccc(NC(=O)CCl)cc1. The molecule has 0 fully saturated rings. The fourth-order valence-corrected chi connectivity index (χ4v) is 3.59. The van der Waals surface area contributed by atoms with Crippen molar-refractivity contribution >= 4 is 40.8 Å². The summed E-state index contributed by atoms with van der Waals surface area (Å²) < 4.78 is 6.80. The van der Waals surface area contributed by atoms with Crippen LogP contribution in [0.25, 0.3) is 11.3 Å². The molecule has 0 spiro atoms. The van der Waals surface area contributed by atoms with Gasteiger partial charge in [0.2, 0.25) is 5.91 Å². The summed E-state index contributed by atoms with van der Waals surface area (Å²) >= 11 is 5.53. The number of hydrogen-bond donors (Lipinski definition) is 2. The Labute approximate surface area is 218 Å². The Morgan fingerprint density at radius 1 is 0.946 bits per heavy atom. The van der Waals surface area contributed by atoms with E-state index in [-0.39, 0.29) is 24.3 Å². The molecule has 2 aromatic heterocycles. The van der Waals surface area contributed by atoms with Crippen LogP contribution in [-0.2, 0) is 16.1 Å². The molecule has 4 rings (SSSR count). The van der Waals surface area contributed by atoms with Crippen molar-refractivity contribution in [2.75, 3.05) is 23.1 Å². The second-order valence-electron chi connectivity index (χ2n) is 7.92. The molecule has 0 saturated heterocycles. The first-order valence-electron chi connectivity index (χ1n) is 11.5. The second kappa shape index (κ2) is 12.0. The van der Waals surface area contributed by atoms with Gasteiger partial charge in [0.15, 0.2) is 0 Å². The van der Waals surface area contributed by atoms with Crippen molar-refractivity contribution in [2.45, 2.75) is 13.5 Å². The monoisotopic (exact) mass is 517 g/mol. The number of ether oxygens (including phenoxy) is 1. The first kappa shape index (κ1) is 25.6. The lowest BCUT2D eigenvalue weighted by molar-refractivity contribution is -0.113. The Kier molecular flexibility index (Phi) is 8.27. The molecule has 4 aromatic rings. The molecule has 37 heavy (non-hydrogen) atoms. The minimum Gasteiger partial charge on any atom is -0.461 e. The van der Waals surface area contributed by atoms with Gasteiger partial charge in [0.25, 0.3) is 5.91 Å². The lowest BCUT2D eigenvalue weighted by atomic mass is 10.1. The van der Waals surface area contributed by atoms with Crippen LogP contribution in [0, 0.1) is 0 Å². The molecular weight excluding hydrogens is 494 g/mol. The molecule has 0 saturated carbocycles. The van der Waals surface area contributed by atoms with Crippen LogP contribution in [0.3, 0.4) is 0 Å². The van der Waals surface area contributed by atoms with E-state index < -0.39 is 5.97 Å². The number of carbonyl (C=O) groups excluding carboxylic acids is 3. The number of nitrogens with one attached hydrogen (secondary N) is 2. The molecule has 2 heterocycles. The molecule has 0 radical (unpaired) electrons. The van der Waals surface area contributed by atoms with E-state index in [1.807, 2.05) is 24.3 Å². The summed E-state index contributed by atoms with van der Waals surface area (Å²) in [7, 11) is 0. The van der Waals surface area contributed by atoms with Crippen LogP contribution in [0.2, 0.25) is 0 Å². The van der Waals surface area contributed by atoms with E-state index in [4.69, 9.17) is 16.3 Å². The molecule has 188 valence electrons. The Morgan fingerprint density at radius 2 is 1.65 bits per heavy atom. The van der Waals surface area contributed by atoms with E-state index in [9.17, 15) is 14.4 Å². The van der Waals surface area contributed by atoms with Gasteiger partial charge in [0.1, 0.15) is 17.3 Å². The first-order valence-corrected chi connectivity index (χ1v) is 12.0. The molecule has 2 N–H and O–H groups in total. The highest BCUT2D eigenvalue weighted by Crippen LogP contribution is 2.23. The van der Waals surface area contributed by atoms with Gasteiger partial charge in [-0.1, -0.05) is 30.3 Å². The number of amides is 2. The standard InChI is InChI=1S/C27H24ClN5O4/c1-2-37-27(36)24-15-23(32-33(24)17-18-6-10-20(11-7-18)30-25(34)16-28)19-8-12-21(13-9-19)31-26(35)22-5-3-4-14-29-22/h3-15H,2,16-17H2,1H3,(H,30,34)(H,31,35). The zero-order valence-corrected chi connectivity index (χ0v) is 20.7. The minimum atomic E-state index is -0.480. The summed E-state index contributed by atoms with van der Waals surface area (Å²) in [5, 5.41) is 10.1. The van der Waals surface area contributed by atoms with Crippen LogP contribution in [0.4, 0.5) is 11.4 Å². The van der Waals surface area contributed by atoms with E-state index in [1.165, 1.54) is 0 Å². The number of halogens is 1. The molecule has 0 aliphatic carbocycles. The fraction of sp³-hybridized carbons (Fsp3) is 0.148. The van der Waals surface area contributed by atoms with Crippen molar-refractivity contribution in [3.8, 4) is 11.3 Å². The van der Waals surface area contributed by atoms with Crippen LogP contribution in [0.1, 0.15) is 33.5 Å². The van der Waals surface area contributed by atoms with E-state index >= 15 is 0 Å². The average molecular weight is 518 g/mol. The molecule has 0 aliphatic heterocycles. The third-order valence-electron chi connectivity index (χ3n) is 5.29. The third kappa shape index (κ3) is 6.59. The summed E-state index contributed by atoms with van der Waals surface area (Å²) in [5.41, 5.74) is 4.07. The lowest BCUT2D eigenvalue weighted by Gasteiger charge is -2.08. The molecule has 0 aliphatic rings. The third-order valence-corrected chi connectivity index (χ3v) is 5.53. The van der Waals surface area contributed by atoms with Crippen LogP contribution in [-0.4, -0.2) is 45.0 Å². The zero-order chi connectivity index (χ0) is 26.2. The topological polar surface area (TPSA) is 115 Å². The van der Waals surface area contributed by atoms with Gasteiger partial charge in [0, 0.05) is 23.1 Å². The molecule has 0 unspecified atom stereocenters. The number of aromatic nitrogens is 3. The molecule has 0 bridgehead atoms. The molecule has 0 atom stereocenters. The molecule has 2 aromatic carbocycles. The van der Waals surface area contributed by atoms with Crippen molar-refractivity contribution < 1.29 is 19.1 Å². The van der Waals surface area contributed by atoms with Gasteiger partial charge in [-0.3, -0.25) is 19.3 Å². The van der Waals surface area contributed by atoms with Crippen molar-refractivity contribution in [2.24, 2.45) is 0 Å². The highest BCUT2D eigenvalue weighted by Gasteiger charge is 2.18. The van der Waals surface area contributed by atoms with Crippen LogP contribution < -0.4 is 10.6 Å². The number of benzene rings is 2. The molecular formula is C27H24ClN5O4. The summed E-state index contributed by atoms with van der Waals surface area (Å²) in [6, 6.07) is 21.1. The summed E-state index contributed by atoms with van der Waals surface area (Å²) in [5.74, 6) is -1.21. The van der Waals surface area contributed by atoms with Gasteiger partial charge in [0.05, 0.1) is 18.8 Å². The smallest absolute Gasteiger partial charge is 0.356 e. The van der Waals surface area contributed by atoms with Crippen molar-refractivity contribution in [1.82, 2.24) is 14.8 Å². The maximum absolute atomic E-state index is 12.6. The van der Waals surface area contributed by atoms with Gasteiger partial charge in [-0.15, -0.1) is 11.6 Å². The molecule has 10 heteroatoms. The molecule has 9 nitrogen and oxygen atoms in total. The average Bonchev–Trinajstić information content (AvgIpc) is 3.34. The Morgan fingerprint density at radius 3 is 2.30 bits per heavy atom. The Hall–Kier alpha value is -4.50. The van der Waals surface area contributed by atoms with E-state index in [0.29, 0.717) is 35.0 Å². The number of anilines is 2. The summed E-state index contributed by atoms with van der Waals surface area (Å²) in [4.78, 5) is 40.5. The van der Waals surface area contributed by atoms with Gasteiger partial charge >= 0.3 is 5.97 Å². The first-order chi connectivity index (χ1) is 18.0.